The van der Waals surface area contributed by atoms with Gasteiger partial charge in [0.25, 0.3) is 5.56 Å². The molecular formula is C27H26ClN5O4. The zero-order valence-corrected chi connectivity index (χ0v) is 21.2. The Labute approximate surface area is 218 Å². The number of benzene rings is 3. The van der Waals surface area contributed by atoms with Crippen molar-refractivity contribution in [1.29, 1.82) is 0 Å². The number of hydrogen-bond donors (Lipinski definition) is 2. The molecule has 1 aromatic heterocycles. The summed E-state index contributed by atoms with van der Waals surface area (Å²) in [4.78, 5) is 31.6. The van der Waals surface area contributed by atoms with Crippen molar-refractivity contribution in [2.75, 3.05) is 30.8 Å². The SMILES string of the molecule is CN1CCC1COc1cc(Cl)ccc1NC(=O)Nc1cccc(Oc2ccc3ncn(C)c(=O)c3c2)c1. The largest absolute Gasteiger partial charge is 0.490 e. The van der Waals surface area contributed by atoms with Gasteiger partial charge in [0.15, 0.2) is 0 Å². The Bertz CT molecular complexity index is 1520. The van der Waals surface area contributed by atoms with Gasteiger partial charge in [0.2, 0.25) is 0 Å². The van der Waals surface area contributed by atoms with Crippen molar-refractivity contribution in [3.8, 4) is 17.2 Å². The lowest BCUT2D eigenvalue weighted by atomic mass is 10.1. The monoisotopic (exact) mass is 519 g/mol. The number of nitrogens with one attached hydrogen (secondary N) is 2. The lowest BCUT2D eigenvalue weighted by Crippen LogP contribution is -2.48. The molecule has 2 heterocycles. The fourth-order valence-electron chi connectivity index (χ4n) is 4.00. The highest BCUT2D eigenvalue weighted by Crippen LogP contribution is 2.30. The van der Waals surface area contributed by atoms with E-state index in [-0.39, 0.29) is 5.56 Å². The van der Waals surface area contributed by atoms with Gasteiger partial charge in [0.1, 0.15) is 23.9 Å². The Kier molecular flexibility index (Phi) is 6.98. The summed E-state index contributed by atoms with van der Waals surface area (Å²) in [6.07, 6.45) is 2.56. The Balaban J connectivity index is 1.26. The van der Waals surface area contributed by atoms with Crippen molar-refractivity contribution >= 4 is 39.9 Å². The van der Waals surface area contributed by atoms with Crippen molar-refractivity contribution in [3.05, 3.63) is 82.4 Å². The summed E-state index contributed by atoms with van der Waals surface area (Å²) in [5.74, 6) is 1.49. The molecule has 1 saturated heterocycles. The minimum atomic E-state index is -0.439. The topological polar surface area (TPSA) is 97.7 Å². The van der Waals surface area contributed by atoms with Gasteiger partial charge >= 0.3 is 6.03 Å². The molecule has 190 valence electrons. The average molecular weight is 520 g/mol. The number of aromatic nitrogens is 2. The van der Waals surface area contributed by atoms with Crippen LogP contribution in [0.15, 0.2) is 71.8 Å². The third-order valence-corrected chi connectivity index (χ3v) is 6.51. The number of carbonyl (C=O) groups excluding carboxylic acids is 1. The van der Waals surface area contributed by atoms with E-state index in [9.17, 15) is 9.59 Å². The first-order valence-electron chi connectivity index (χ1n) is 11.8. The van der Waals surface area contributed by atoms with Crippen molar-refractivity contribution in [1.82, 2.24) is 14.5 Å². The fourth-order valence-corrected chi connectivity index (χ4v) is 4.16. The molecule has 0 saturated carbocycles. The molecule has 0 radical (unpaired) electrons. The molecule has 0 aliphatic carbocycles. The van der Waals surface area contributed by atoms with Crippen molar-refractivity contribution in [2.24, 2.45) is 7.05 Å². The predicted molar refractivity (Wildman–Crippen MR) is 144 cm³/mol. The van der Waals surface area contributed by atoms with Crippen molar-refractivity contribution in [2.45, 2.75) is 12.5 Å². The van der Waals surface area contributed by atoms with Crippen LogP contribution in [0.4, 0.5) is 16.2 Å². The minimum absolute atomic E-state index is 0.159. The van der Waals surface area contributed by atoms with Crippen LogP contribution in [0.2, 0.25) is 5.02 Å². The zero-order chi connectivity index (χ0) is 25.9. The molecule has 1 aliphatic rings. The van der Waals surface area contributed by atoms with E-state index in [2.05, 4.69) is 27.6 Å². The van der Waals surface area contributed by atoms with Gasteiger partial charge in [-0.25, -0.2) is 9.78 Å². The van der Waals surface area contributed by atoms with Gasteiger partial charge in [-0.05, 0) is 62.5 Å². The lowest BCUT2D eigenvalue weighted by Gasteiger charge is -2.37. The lowest BCUT2D eigenvalue weighted by molar-refractivity contribution is 0.0772. The van der Waals surface area contributed by atoms with Gasteiger partial charge in [-0.15, -0.1) is 0 Å². The molecule has 4 aromatic rings. The summed E-state index contributed by atoms with van der Waals surface area (Å²) in [5.41, 5.74) is 1.48. The summed E-state index contributed by atoms with van der Waals surface area (Å²) in [6.45, 7) is 1.57. The molecule has 2 N–H and O–H groups in total. The Morgan fingerprint density at radius 3 is 2.70 bits per heavy atom. The van der Waals surface area contributed by atoms with Crippen LogP contribution in [-0.4, -0.2) is 46.7 Å². The highest BCUT2D eigenvalue weighted by Gasteiger charge is 2.25. The third-order valence-electron chi connectivity index (χ3n) is 6.28. The van der Waals surface area contributed by atoms with E-state index in [1.165, 1.54) is 10.9 Å². The molecule has 0 spiro atoms. The maximum atomic E-state index is 12.8. The van der Waals surface area contributed by atoms with Crippen LogP contribution in [0, 0.1) is 0 Å². The van der Waals surface area contributed by atoms with Gasteiger partial charge in [-0.2, -0.15) is 0 Å². The standard InChI is InChI=1S/C27H26ClN5O4/c1-32-11-10-19(32)15-36-25-12-17(28)6-8-24(25)31-27(35)30-18-4-3-5-20(13-18)37-21-7-9-23-22(14-21)26(34)33(2)16-29-23/h3-9,12-14,16,19H,10-11,15H2,1-2H3,(H2,30,31,35). The van der Waals surface area contributed by atoms with E-state index in [4.69, 9.17) is 21.1 Å². The second-order valence-electron chi connectivity index (χ2n) is 8.92. The molecule has 1 atom stereocenters. The van der Waals surface area contributed by atoms with E-state index in [1.807, 2.05) is 0 Å². The molecule has 9 nitrogen and oxygen atoms in total. The first kappa shape index (κ1) is 24.6. The summed E-state index contributed by atoms with van der Waals surface area (Å²) in [5, 5.41) is 6.62. The molecule has 1 fully saturated rings. The number of rotatable bonds is 7. The molecule has 2 amide bonds. The van der Waals surface area contributed by atoms with Crippen molar-refractivity contribution in [3.63, 3.8) is 0 Å². The van der Waals surface area contributed by atoms with E-state index in [0.717, 1.165) is 13.0 Å². The molecule has 1 aliphatic heterocycles. The molecule has 37 heavy (non-hydrogen) atoms. The van der Waals surface area contributed by atoms with Crippen LogP contribution in [0.3, 0.4) is 0 Å². The number of anilines is 2. The molecule has 1 unspecified atom stereocenters. The van der Waals surface area contributed by atoms with Crippen LogP contribution in [0.25, 0.3) is 10.9 Å². The average Bonchev–Trinajstić information content (AvgIpc) is 2.87. The van der Waals surface area contributed by atoms with Gasteiger partial charge in [0, 0.05) is 35.9 Å². The Hall–Kier alpha value is -4.08. The molecule has 0 bridgehead atoms. The maximum Gasteiger partial charge on any atom is 0.323 e. The smallest absolute Gasteiger partial charge is 0.323 e. The summed E-state index contributed by atoms with van der Waals surface area (Å²) < 4.78 is 13.3. The summed E-state index contributed by atoms with van der Waals surface area (Å²) in [6, 6.07) is 17.1. The van der Waals surface area contributed by atoms with Crippen LogP contribution >= 0.6 is 11.6 Å². The van der Waals surface area contributed by atoms with Crippen LogP contribution in [-0.2, 0) is 7.05 Å². The number of carbonyl (C=O) groups is 1. The van der Waals surface area contributed by atoms with E-state index >= 15 is 0 Å². The van der Waals surface area contributed by atoms with Crippen LogP contribution in [0.1, 0.15) is 6.42 Å². The summed E-state index contributed by atoms with van der Waals surface area (Å²) in [7, 11) is 3.70. The predicted octanol–water partition coefficient (Wildman–Crippen LogP) is 5.11. The third kappa shape index (κ3) is 5.68. The molecule has 5 rings (SSSR count). The number of nitrogens with zero attached hydrogens (tertiary/aromatic N) is 3. The Morgan fingerprint density at radius 1 is 1.08 bits per heavy atom. The van der Waals surface area contributed by atoms with E-state index < -0.39 is 6.03 Å². The number of likely N-dealkylation sites (N-methyl/N-ethyl adjacent to an activating group) is 1. The number of hydrogen-bond acceptors (Lipinski definition) is 6. The molecular weight excluding hydrogens is 494 g/mol. The number of amides is 2. The zero-order valence-electron chi connectivity index (χ0n) is 20.4. The Morgan fingerprint density at radius 2 is 1.92 bits per heavy atom. The van der Waals surface area contributed by atoms with E-state index in [0.29, 0.717) is 57.2 Å². The number of halogens is 1. The molecule has 10 heteroatoms. The number of urea groups is 1. The normalized spacial score (nSPS) is 15.2. The van der Waals surface area contributed by atoms with E-state index in [1.54, 1.807) is 67.7 Å². The number of fused-ring (bicyclic) bond motifs is 1. The van der Waals surface area contributed by atoms with Gasteiger partial charge in [0.05, 0.1) is 22.9 Å². The second kappa shape index (κ2) is 10.5. The van der Waals surface area contributed by atoms with Gasteiger partial charge in [-0.3, -0.25) is 9.69 Å². The second-order valence-corrected chi connectivity index (χ2v) is 9.36. The summed E-state index contributed by atoms with van der Waals surface area (Å²) >= 11 is 6.15. The number of likely N-dealkylation sites (tertiary alicyclic amines) is 1. The maximum absolute atomic E-state index is 12.8. The quantitative estimate of drug-likeness (QED) is 0.352. The van der Waals surface area contributed by atoms with Gasteiger partial charge < -0.3 is 24.7 Å². The first-order chi connectivity index (χ1) is 17.9. The highest BCUT2D eigenvalue weighted by molar-refractivity contribution is 6.30. The van der Waals surface area contributed by atoms with Crippen LogP contribution in [0.5, 0.6) is 17.2 Å². The fraction of sp³-hybridized carbons (Fsp3) is 0.222. The number of aryl methyl sites for hydroxylation is 1. The first-order valence-corrected chi connectivity index (χ1v) is 12.2. The van der Waals surface area contributed by atoms with Crippen LogP contribution < -0.4 is 25.7 Å². The van der Waals surface area contributed by atoms with Gasteiger partial charge in [-0.1, -0.05) is 17.7 Å². The highest BCUT2D eigenvalue weighted by atomic mass is 35.5. The minimum Gasteiger partial charge on any atom is -0.490 e. The molecule has 3 aromatic carbocycles. The van der Waals surface area contributed by atoms with Crippen molar-refractivity contribution < 1.29 is 14.3 Å². The number of ether oxygens (including phenoxy) is 2.